The molecule has 0 saturated heterocycles. The van der Waals surface area contributed by atoms with E-state index in [1.54, 1.807) is 0 Å². The number of carbonyl (C=O) groups is 1. The van der Waals surface area contributed by atoms with Gasteiger partial charge in [0, 0.05) is 29.2 Å². The molecule has 1 aromatic rings. The summed E-state index contributed by atoms with van der Waals surface area (Å²) >= 11 is 3.42. The van der Waals surface area contributed by atoms with E-state index in [0.717, 1.165) is 17.2 Å². The number of halogens is 1. The van der Waals surface area contributed by atoms with Gasteiger partial charge in [0.1, 0.15) is 6.29 Å². The molecule has 0 aromatic heterocycles. The normalized spacial score (nSPS) is 11.2. The zero-order valence-corrected chi connectivity index (χ0v) is 11.6. The molecule has 0 aliphatic rings. The van der Waals surface area contributed by atoms with Crippen LogP contribution in [0.1, 0.15) is 26.7 Å². The van der Waals surface area contributed by atoms with Crippen LogP contribution in [-0.2, 0) is 4.79 Å². The third kappa shape index (κ3) is 3.34. The van der Waals surface area contributed by atoms with E-state index in [2.05, 4.69) is 53.9 Å². The lowest BCUT2D eigenvalue weighted by Crippen LogP contribution is -2.41. The summed E-state index contributed by atoms with van der Waals surface area (Å²) in [6.45, 7) is 4.30. The molecule has 0 bridgehead atoms. The van der Waals surface area contributed by atoms with Gasteiger partial charge in [0.15, 0.2) is 0 Å². The van der Waals surface area contributed by atoms with Crippen molar-refractivity contribution in [2.45, 2.75) is 32.2 Å². The van der Waals surface area contributed by atoms with E-state index in [1.165, 1.54) is 5.69 Å². The molecule has 0 N–H and O–H groups in total. The van der Waals surface area contributed by atoms with E-state index in [0.29, 0.717) is 6.42 Å². The van der Waals surface area contributed by atoms with Crippen molar-refractivity contribution < 1.29 is 4.79 Å². The van der Waals surface area contributed by atoms with Crippen LogP contribution < -0.4 is 4.90 Å². The van der Waals surface area contributed by atoms with E-state index in [4.69, 9.17) is 0 Å². The molecule has 0 aliphatic heterocycles. The molecule has 0 unspecified atom stereocenters. The minimum Gasteiger partial charge on any atom is -0.369 e. The summed E-state index contributed by atoms with van der Waals surface area (Å²) in [6, 6.07) is 8.21. The van der Waals surface area contributed by atoms with Crippen LogP contribution >= 0.6 is 15.9 Å². The summed E-state index contributed by atoms with van der Waals surface area (Å²) < 4.78 is 1.08. The Labute approximate surface area is 106 Å². The van der Waals surface area contributed by atoms with Crippen molar-refractivity contribution in [1.29, 1.82) is 0 Å². The Morgan fingerprint density at radius 1 is 1.31 bits per heavy atom. The maximum atomic E-state index is 10.4. The molecule has 1 rings (SSSR count). The summed E-state index contributed by atoms with van der Waals surface area (Å²) in [5.74, 6) is 0. The quantitative estimate of drug-likeness (QED) is 0.769. The highest BCUT2D eigenvalue weighted by molar-refractivity contribution is 9.10. The summed E-state index contributed by atoms with van der Waals surface area (Å²) in [5.41, 5.74) is 1.16. The summed E-state index contributed by atoms with van der Waals surface area (Å²) in [6.07, 6.45) is 2.45. The van der Waals surface area contributed by atoms with Crippen molar-refractivity contribution in [1.82, 2.24) is 0 Å². The van der Waals surface area contributed by atoms with Gasteiger partial charge >= 0.3 is 0 Å². The molecule has 2 nitrogen and oxygen atoms in total. The highest BCUT2D eigenvalue weighted by atomic mass is 79.9. The Bertz CT molecular complexity index is 345. The molecule has 0 amide bonds. The van der Waals surface area contributed by atoms with Gasteiger partial charge in [-0.1, -0.05) is 15.9 Å². The van der Waals surface area contributed by atoms with Gasteiger partial charge in [-0.25, -0.2) is 0 Å². The van der Waals surface area contributed by atoms with Gasteiger partial charge in [-0.2, -0.15) is 0 Å². The predicted octanol–water partition coefficient (Wildman–Crippen LogP) is 3.64. The van der Waals surface area contributed by atoms with Gasteiger partial charge in [-0.15, -0.1) is 0 Å². The molecule has 0 saturated carbocycles. The van der Waals surface area contributed by atoms with Crippen molar-refractivity contribution in [3.8, 4) is 0 Å². The van der Waals surface area contributed by atoms with E-state index < -0.39 is 0 Å². The number of rotatable bonds is 5. The third-order valence-corrected chi connectivity index (χ3v) is 3.52. The lowest BCUT2D eigenvalue weighted by atomic mass is 9.96. The fourth-order valence-electron chi connectivity index (χ4n) is 1.59. The van der Waals surface area contributed by atoms with Crippen LogP contribution in [0.15, 0.2) is 28.7 Å². The van der Waals surface area contributed by atoms with Crippen LogP contribution in [-0.4, -0.2) is 18.9 Å². The first-order valence-electron chi connectivity index (χ1n) is 5.40. The standard InChI is InChI=1S/C13H18BrNO/c1-13(2,9-4-10-16)15(3)12-7-5-11(14)6-8-12/h5-8,10H,4,9H2,1-3H3. The number of hydrogen-bond acceptors (Lipinski definition) is 2. The highest BCUT2D eigenvalue weighted by Gasteiger charge is 2.23. The monoisotopic (exact) mass is 283 g/mol. The second kappa shape index (κ2) is 5.48. The van der Waals surface area contributed by atoms with Crippen molar-refractivity contribution >= 4 is 27.9 Å². The largest absolute Gasteiger partial charge is 0.369 e. The van der Waals surface area contributed by atoms with Crippen molar-refractivity contribution in [3.05, 3.63) is 28.7 Å². The number of aldehydes is 1. The summed E-state index contributed by atoms with van der Waals surface area (Å²) in [5, 5.41) is 0. The fraction of sp³-hybridized carbons (Fsp3) is 0.462. The molecule has 0 aliphatic carbocycles. The number of carbonyl (C=O) groups excluding carboxylic acids is 1. The van der Waals surface area contributed by atoms with Gasteiger partial charge in [-0.05, 0) is 44.5 Å². The number of benzene rings is 1. The van der Waals surface area contributed by atoms with Crippen LogP contribution in [0.4, 0.5) is 5.69 Å². The van der Waals surface area contributed by atoms with Gasteiger partial charge in [0.25, 0.3) is 0 Å². The van der Waals surface area contributed by atoms with Crippen LogP contribution in [0.2, 0.25) is 0 Å². The first-order valence-corrected chi connectivity index (χ1v) is 6.20. The highest BCUT2D eigenvalue weighted by Crippen LogP contribution is 2.26. The average Bonchev–Trinajstić information content (AvgIpc) is 2.26. The Kier molecular flexibility index (Phi) is 4.54. The Morgan fingerprint density at radius 3 is 2.38 bits per heavy atom. The first-order chi connectivity index (χ1) is 7.47. The second-order valence-electron chi connectivity index (χ2n) is 4.55. The van der Waals surface area contributed by atoms with E-state index >= 15 is 0 Å². The molecular weight excluding hydrogens is 266 g/mol. The molecule has 0 fully saturated rings. The van der Waals surface area contributed by atoms with Crippen LogP contribution in [0.3, 0.4) is 0 Å². The number of anilines is 1. The number of hydrogen-bond donors (Lipinski definition) is 0. The van der Waals surface area contributed by atoms with E-state index in [9.17, 15) is 4.79 Å². The molecule has 0 heterocycles. The van der Waals surface area contributed by atoms with E-state index in [1.807, 2.05) is 12.1 Å². The van der Waals surface area contributed by atoms with E-state index in [-0.39, 0.29) is 5.54 Å². The number of nitrogens with zero attached hydrogens (tertiary/aromatic N) is 1. The topological polar surface area (TPSA) is 20.3 Å². The minimum absolute atomic E-state index is 0.00522. The van der Waals surface area contributed by atoms with Gasteiger partial charge < -0.3 is 9.69 Å². The van der Waals surface area contributed by atoms with Gasteiger partial charge in [0.05, 0.1) is 0 Å². The molecule has 0 atom stereocenters. The lowest BCUT2D eigenvalue weighted by Gasteiger charge is -2.37. The Hall–Kier alpha value is -0.830. The van der Waals surface area contributed by atoms with Crippen LogP contribution in [0, 0.1) is 0 Å². The van der Waals surface area contributed by atoms with Crippen molar-refractivity contribution in [2.75, 3.05) is 11.9 Å². The minimum atomic E-state index is -0.00522. The zero-order chi connectivity index (χ0) is 12.2. The van der Waals surface area contributed by atoms with Gasteiger partial charge in [0.2, 0.25) is 0 Å². The second-order valence-corrected chi connectivity index (χ2v) is 5.47. The molecule has 16 heavy (non-hydrogen) atoms. The van der Waals surface area contributed by atoms with Crippen LogP contribution in [0.5, 0.6) is 0 Å². The molecular formula is C13H18BrNO. The average molecular weight is 284 g/mol. The first kappa shape index (κ1) is 13.2. The SMILES string of the molecule is CN(c1ccc(Br)cc1)C(C)(C)CCC=O. The van der Waals surface area contributed by atoms with Crippen molar-refractivity contribution in [2.24, 2.45) is 0 Å². The molecule has 88 valence electrons. The fourth-order valence-corrected chi connectivity index (χ4v) is 1.86. The Morgan fingerprint density at radius 2 is 1.88 bits per heavy atom. The third-order valence-electron chi connectivity index (χ3n) is 3.00. The maximum absolute atomic E-state index is 10.4. The Balaban J connectivity index is 2.79. The smallest absolute Gasteiger partial charge is 0.120 e. The summed E-state index contributed by atoms with van der Waals surface area (Å²) in [4.78, 5) is 12.6. The zero-order valence-electron chi connectivity index (χ0n) is 10.0. The molecule has 0 spiro atoms. The maximum Gasteiger partial charge on any atom is 0.120 e. The molecule has 3 heteroatoms. The lowest BCUT2D eigenvalue weighted by molar-refractivity contribution is -0.108. The molecule has 1 aromatic carbocycles. The molecule has 0 radical (unpaired) electrons. The van der Waals surface area contributed by atoms with Crippen molar-refractivity contribution in [3.63, 3.8) is 0 Å². The summed E-state index contributed by atoms with van der Waals surface area (Å²) in [7, 11) is 2.06. The predicted molar refractivity (Wildman–Crippen MR) is 71.9 cm³/mol. The van der Waals surface area contributed by atoms with Crippen LogP contribution in [0.25, 0.3) is 0 Å². The van der Waals surface area contributed by atoms with Gasteiger partial charge in [-0.3, -0.25) is 0 Å².